The summed E-state index contributed by atoms with van der Waals surface area (Å²) in [5.74, 6) is 0.663. The molecule has 0 amide bonds. The highest BCUT2D eigenvalue weighted by Gasteiger charge is 2.17. The fourth-order valence-corrected chi connectivity index (χ4v) is 1.52. The summed E-state index contributed by atoms with van der Waals surface area (Å²) in [6, 6.07) is 6.38. The maximum Gasteiger partial charge on any atom is 0.157 e. The molecule has 1 aliphatic rings. The molecule has 0 unspecified atom stereocenters. The van der Waals surface area contributed by atoms with Crippen LogP contribution in [0.15, 0.2) is 29.4 Å². The summed E-state index contributed by atoms with van der Waals surface area (Å²) in [6.45, 7) is 0.771. The number of nitrogens with zero attached hydrogens (tertiary/aromatic N) is 3. The zero-order valence-electron chi connectivity index (χ0n) is 8.24. The second kappa shape index (κ2) is 3.29. The van der Waals surface area contributed by atoms with Gasteiger partial charge in [-0.05, 0) is 24.3 Å². The monoisotopic (exact) mass is 193 g/mol. The minimum Gasteiger partial charge on any atom is -0.339 e. The number of benzene rings is 1. The van der Waals surface area contributed by atoms with E-state index in [1.807, 2.05) is 24.0 Å². The molecule has 0 saturated carbocycles. The van der Waals surface area contributed by atoms with Crippen molar-refractivity contribution in [2.24, 2.45) is 5.10 Å². The first-order valence-electron chi connectivity index (χ1n) is 4.43. The van der Waals surface area contributed by atoms with Crippen LogP contribution in [0.5, 0.6) is 0 Å². The SMILES string of the molecule is CN1CN(C)C(c2ccc(F)cc2)=N1. The van der Waals surface area contributed by atoms with Crippen molar-refractivity contribution in [3.63, 3.8) is 0 Å². The van der Waals surface area contributed by atoms with Gasteiger partial charge in [0.25, 0.3) is 0 Å². The summed E-state index contributed by atoms with van der Waals surface area (Å²) in [5.41, 5.74) is 0.943. The van der Waals surface area contributed by atoms with Gasteiger partial charge in [-0.15, -0.1) is 0 Å². The minimum atomic E-state index is -0.219. The van der Waals surface area contributed by atoms with Gasteiger partial charge >= 0.3 is 0 Å². The molecule has 0 atom stereocenters. The number of amidine groups is 1. The maximum atomic E-state index is 12.7. The number of hydrazone groups is 1. The molecule has 1 aromatic rings. The van der Waals surface area contributed by atoms with Gasteiger partial charge < -0.3 is 4.90 Å². The summed E-state index contributed by atoms with van der Waals surface area (Å²) in [5, 5.41) is 6.17. The average molecular weight is 193 g/mol. The molecule has 0 aliphatic carbocycles. The molecule has 0 saturated heterocycles. The highest BCUT2D eigenvalue weighted by Crippen LogP contribution is 2.12. The van der Waals surface area contributed by atoms with E-state index in [1.54, 1.807) is 12.1 Å². The van der Waals surface area contributed by atoms with E-state index < -0.39 is 0 Å². The van der Waals surface area contributed by atoms with Gasteiger partial charge in [0.2, 0.25) is 0 Å². The fourth-order valence-electron chi connectivity index (χ4n) is 1.52. The molecule has 4 heteroatoms. The predicted molar refractivity (Wildman–Crippen MR) is 53.3 cm³/mol. The lowest BCUT2D eigenvalue weighted by atomic mass is 10.2. The van der Waals surface area contributed by atoms with Crippen LogP contribution in [0.3, 0.4) is 0 Å². The molecule has 1 aliphatic heterocycles. The largest absolute Gasteiger partial charge is 0.339 e. The van der Waals surface area contributed by atoms with E-state index in [-0.39, 0.29) is 5.82 Å². The van der Waals surface area contributed by atoms with Crippen molar-refractivity contribution in [1.29, 1.82) is 0 Å². The average Bonchev–Trinajstić information content (AvgIpc) is 2.47. The Morgan fingerprint density at radius 2 is 1.86 bits per heavy atom. The van der Waals surface area contributed by atoms with E-state index in [2.05, 4.69) is 5.10 Å². The van der Waals surface area contributed by atoms with Gasteiger partial charge in [-0.25, -0.2) is 4.39 Å². The lowest BCUT2D eigenvalue weighted by Crippen LogP contribution is -2.25. The van der Waals surface area contributed by atoms with Crippen LogP contribution >= 0.6 is 0 Å². The van der Waals surface area contributed by atoms with Crippen molar-refractivity contribution < 1.29 is 4.39 Å². The molecule has 0 spiro atoms. The second-order valence-corrected chi connectivity index (χ2v) is 3.43. The summed E-state index contributed by atoms with van der Waals surface area (Å²) in [4.78, 5) is 2.02. The van der Waals surface area contributed by atoms with Crippen molar-refractivity contribution in [2.45, 2.75) is 0 Å². The Morgan fingerprint density at radius 3 is 2.36 bits per heavy atom. The molecule has 0 bridgehead atoms. The topological polar surface area (TPSA) is 18.8 Å². The van der Waals surface area contributed by atoms with E-state index in [0.29, 0.717) is 0 Å². The lowest BCUT2D eigenvalue weighted by Gasteiger charge is -2.13. The number of hydrogen-bond donors (Lipinski definition) is 0. The second-order valence-electron chi connectivity index (χ2n) is 3.43. The zero-order chi connectivity index (χ0) is 10.1. The molecular weight excluding hydrogens is 181 g/mol. The van der Waals surface area contributed by atoms with Gasteiger partial charge in [0.1, 0.15) is 12.5 Å². The minimum absolute atomic E-state index is 0.219. The lowest BCUT2D eigenvalue weighted by molar-refractivity contribution is 0.303. The van der Waals surface area contributed by atoms with E-state index in [4.69, 9.17) is 0 Å². The molecule has 2 rings (SSSR count). The van der Waals surface area contributed by atoms with Gasteiger partial charge in [-0.2, -0.15) is 5.10 Å². The van der Waals surface area contributed by atoms with Crippen LogP contribution in [0.25, 0.3) is 0 Å². The normalized spacial score (nSPS) is 16.1. The van der Waals surface area contributed by atoms with Crippen molar-refractivity contribution >= 4 is 5.84 Å². The number of hydrogen-bond acceptors (Lipinski definition) is 3. The molecule has 0 radical (unpaired) electrons. The number of rotatable bonds is 1. The van der Waals surface area contributed by atoms with Crippen LogP contribution in [0.4, 0.5) is 4.39 Å². The highest BCUT2D eigenvalue weighted by atomic mass is 19.1. The first kappa shape index (κ1) is 8.99. The van der Waals surface area contributed by atoms with Crippen molar-refractivity contribution in [2.75, 3.05) is 20.8 Å². The summed E-state index contributed by atoms with van der Waals surface area (Å²) >= 11 is 0. The van der Waals surface area contributed by atoms with Crippen molar-refractivity contribution in [3.8, 4) is 0 Å². The third kappa shape index (κ3) is 1.55. The third-order valence-electron chi connectivity index (χ3n) is 2.15. The van der Waals surface area contributed by atoms with Gasteiger partial charge in [-0.1, -0.05) is 0 Å². The van der Waals surface area contributed by atoms with E-state index >= 15 is 0 Å². The van der Waals surface area contributed by atoms with E-state index in [0.717, 1.165) is 18.1 Å². The molecule has 0 aromatic heterocycles. The zero-order valence-corrected chi connectivity index (χ0v) is 8.24. The highest BCUT2D eigenvalue weighted by molar-refractivity contribution is 5.99. The fraction of sp³-hybridized carbons (Fsp3) is 0.300. The molecule has 74 valence electrons. The first-order chi connectivity index (χ1) is 6.66. The van der Waals surface area contributed by atoms with Crippen molar-refractivity contribution in [3.05, 3.63) is 35.6 Å². The van der Waals surface area contributed by atoms with E-state index in [9.17, 15) is 4.39 Å². The molecule has 0 N–H and O–H groups in total. The summed E-state index contributed by atoms with van der Waals surface area (Å²) in [6.07, 6.45) is 0. The molecule has 0 fully saturated rings. The van der Waals surface area contributed by atoms with Crippen LogP contribution in [-0.2, 0) is 0 Å². The molecule has 14 heavy (non-hydrogen) atoms. The Balaban J connectivity index is 2.31. The van der Waals surface area contributed by atoms with Crippen molar-refractivity contribution in [1.82, 2.24) is 9.91 Å². The Hall–Kier alpha value is -1.58. The number of halogens is 1. The standard InChI is InChI=1S/C10H12FN3/c1-13-7-14(2)12-10(13)8-3-5-9(11)6-4-8/h3-6H,7H2,1-2H3. The Kier molecular flexibility index (Phi) is 2.11. The van der Waals surface area contributed by atoms with Crippen LogP contribution in [0, 0.1) is 5.82 Å². The predicted octanol–water partition coefficient (Wildman–Crippen LogP) is 1.32. The Morgan fingerprint density at radius 1 is 1.21 bits per heavy atom. The van der Waals surface area contributed by atoms with E-state index in [1.165, 1.54) is 12.1 Å². The molecule has 1 aromatic carbocycles. The van der Waals surface area contributed by atoms with Crippen LogP contribution < -0.4 is 0 Å². The van der Waals surface area contributed by atoms with Crippen LogP contribution in [0.1, 0.15) is 5.56 Å². The summed E-state index contributed by atoms with van der Waals surface area (Å²) in [7, 11) is 3.87. The van der Waals surface area contributed by atoms with Crippen LogP contribution in [0.2, 0.25) is 0 Å². The Labute approximate surface area is 82.4 Å². The van der Waals surface area contributed by atoms with Gasteiger partial charge in [0.15, 0.2) is 5.84 Å². The van der Waals surface area contributed by atoms with Gasteiger partial charge in [-0.3, -0.25) is 5.01 Å². The smallest absolute Gasteiger partial charge is 0.157 e. The van der Waals surface area contributed by atoms with Gasteiger partial charge in [0, 0.05) is 19.7 Å². The maximum absolute atomic E-state index is 12.7. The summed E-state index contributed by atoms with van der Waals surface area (Å²) < 4.78 is 12.7. The Bertz CT molecular complexity index is 358. The third-order valence-corrected chi connectivity index (χ3v) is 2.15. The quantitative estimate of drug-likeness (QED) is 0.670. The molecule has 3 nitrogen and oxygen atoms in total. The molecular formula is C10H12FN3. The van der Waals surface area contributed by atoms with Crippen LogP contribution in [-0.4, -0.2) is 36.5 Å². The molecule has 1 heterocycles. The first-order valence-corrected chi connectivity index (χ1v) is 4.43. The van der Waals surface area contributed by atoms with Gasteiger partial charge in [0.05, 0.1) is 0 Å².